The maximum atomic E-state index is 12.5. The molecule has 0 aliphatic rings. The van der Waals surface area contributed by atoms with E-state index in [1.54, 1.807) is 12.1 Å². The van der Waals surface area contributed by atoms with Crippen LogP contribution >= 0.6 is 0 Å². The molecule has 0 fully saturated rings. The van der Waals surface area contributed by atoms with Gasteiger partial charge in [0.05, 0.1) is 6.04 Å². The Labute approximate surface area is 167 Å². The van der Waals surface area contributed by atoms with Crippen molar-refractivity contribution in [2.75, 3.05) is 20.6 Å². The maximum absolute atomic E-state index is 12.5. The summed E-state index contributed by atoms with van der Waals surface area (Å²) < 4.78 is 0. The van der Waals surface area contributed by atoms with Crippen molar-refractivity contribution in [2.24, 2.45) is 0 Å². The molecule has 6 heteroatoms. The van der Waals surface area contributed by atoms with Crippen LogP contribution in [0, 0.1) is 0 Å². The Morgan fingerprint density at radius 3 is 2.14 bits per heavy atom. The third-order valence-electron chi connectivity index (χ3n) is 4.35. The van der Waals surface area contributed by atoms with E-state index in [2.05, 4.69) is 33.0 Å². The fourth-order valence-corrected chi connectivity index (χ4v) is 2.83. The van der Waals surface area contributed by atoms with Crippen molar-refractivity contribution >= 4 is 11.9 Å². The number of carbonyl (C=O) groups is 2. The van der Waals surface area contributed by atoms with Crippen LogP contribution in [0.5, 0.6) is 0 Å². The SMILES string of the molecule is CC(C)NC(=O)NCc1ccc(C(=O)NC[C@@H](c2ccccc2)N(C)C)cc1. The van der Waals surface area contributed by atoms with Crippen molar-refractivity contribution in [2.45, 2.75) is 32.5 Å². The molecule has 6 nitrogen and oxygen atoms in total. The van der Waals surface area contributed by atoms with Crippen LogP contribution in [-0.4, -0.2) is 43.5 Å². The number of rotatable bonds is 8. The second kappa shape index (κ2) is 10.5. The van der Waals surface area contributed by atoms with Gasteiger partial charge in [0.25, 0.3) is 5.91 Å². The molecule has 2 aromatic rings. The highest BCUT2D eigenvalue weighted by atomic mass is 16.2. The minimum Gasteiger partial charge on any atom is -0.350 e. The summed E-state index contributed by atoms with van der Waals surface area (Å²) in [6, 6.07) is 17.4. The van der Waals surface area contributed by atoms with Crippen molar-refractivity contribution in [3.05, 3.63) is 71.3 Å². The molecule has 0 aliphatic carbocycles. The molecule has 0 saturated carbocycles. The third kappa shape index (κ3) is 6.70. The standard InChI is InChI=1S/C22H30N4O2/c1-16(2)25-22(28)24-14-17-10-12-19(13-11-17)21(27)23-15-20(26(3)4)18-8-6-5-7-9-18/h5-13,16,20H,14-15H2,1-4H3,(H,23,27)(H2,24,25,28)/t20-/m0/s1. The zero-order valence-corrected chi connectivity index (χ0v) is 17.0. The molecule has 0 aromatic heterocycles. The van der Waals surface area contributed by atoms with Crippen LogP contribution in [0.15, 0.2) is 54.6 Å². The van der Waals surface area contributed by atoms with Crippen LogP contribution in [0.1, 0.15) is 41.4 Å². The Morgan fingerprint density at radius 1 is 0.929 bits per heavy atom. The highest BCUT2D eigenvalue weighted by Crippen LogP contribution is 2.17. The van der Waals surface area contributed by atoms with Gasteiger partial charge in [-0.2, -0.15) is 0 Å². The van der Waals surface area contributed by atoms with E-state index in [1.807, 2.05) is 58.3 Å². The number of nitrogens with zero attached hydrogens (tertiary/aromatic N) is 1. The van der Waals surface area contributed by atoms with Crippen molar-refractivity contribution < 1.29 is 9.59 Å². The number of benzene rings is 2. The Bertz CT molecular complexity index is 758. The summed E-state index contributed by atoms with van der Waals surface area (Å²) in [5.41, 5.74) is 2.70. The van der Waals surface area contributed by atoms with E-state index in [0.29, 0.717) is 18.7 Å². The molecule has 0 heterocycles. The molecule has 0 spiro atoms. The third-order valence-corrected chi connectivity index (χ3v) is 4.35. The quantitative estimate of drug-likeness (QED) is 0.657. The first-order chi connectivity index (χ1) is 13.4. The Hall–Kier alpha value is -2.86. The van der Waals surface area contributed by atoms with Gasteiger partial charge < -0.3 is 20.9 Å². The molecule has 0 aliphatic heterocycles. The highest BCUT2D eigenvalue weighted by molar-refractivity contribution is 5.94. The first kappa shape index (κ1) is 21.4. The molecule has 3 N–H and O–H groups in total. The summed E-state index contributed by atoms with van der Waals surface area (Å²) in [5, 5.41) is 8.58. The molecular formula is C22H30N4O2. The van der Waals surface area contributed by atoms with Gasteiger partial charge in [-0.05, 0) is 51.2 Å². The average Bonchev–Trinajstić information content (AvgIpc) is 2.67. The Balaban J connectivity index is 1.89. The zero-order chi connectivity index (χ0) is 20.5. The van der Waals surface area contributed by atoms with Crippen LogP contribution in [0.2, 0.25) is 0 Å². The van der Waals surface area contributed by atoms with Gasteiger partial charge in [-0.25, -0.2) is 4.79 Å². The van der Waals surface area contributed by atoms with Crippen molar-refractivity contribution in [3.63, 3.8) is 0 Å². The van der Waals surface area contributed by atoms with Crippen molar-refractivity contribution in [1.82, 2.24) is 20.9 Å². The molecular weight excluding hydrogens is 352 g/mol. The molecule has 150 valence electrons. The zero-order valence-electron chi connectivity index (χ0n) is 17.0. The molecule has 0 radical (unpaired) electrons. The number of hydrogen-bond donors (Lipinski definition) is 3. The van der Waals surface area contributed by atoms with Gasteiger partial charge in [0.1, 0.15) is 0 Å². The fourth-order valence-electron chi connectivity index (χ4n) is 2.83. The van der Waals surface area contributed by atoms with E-state index in [4.69, 9.17) is 0 Å². The van der Waals surface area contributed by atoms with Gasteiger partial charge in [0, 0.05) is 24.7 Å². The normalized spacial score (nSPS) is 11.9. The summed E-state index contributed by atoms with van der Waals surface area (Å²) in [7, 11) is 4.00. The van der Waals surface area contributed by atoms with E-state index in [0.717, 1.165) is 11.1 Å². The van der Waals surface area contributed by atoms with Gasteiger partial charge >= 0.3 is 6.03 Å². The summed E-state index contributed by atoms with van der Waals surface area (Å²) in [6.45, 7) is 4.75. The van der Waals surface area contributed by atoms with E-state index in [9.17, 15) is 9.59 Å². The van der Waals surface area contributed by atoms with E-state index in [-0.39, 0.29) is 24.0 Å². The van der Waals surface area contributed by atoms with Gasteiger partial charge in [-0.15, -0.1) is 0 Å². The summed E-state index contributed by atoms with van der Waals surface area (Å²) in [6.07, 6.45) is 0. The maximum Gasteiger partial charge on any atom is 0.315 e. The predicted molar refractivity (Wildman–Crippen MR) is 112 cm³/mol. The minimum atomic E-state index is -0.201. The minimum absolute atomic E-state index is 0.0907. The summed E-state index contributed by atoms with van der Waals surface area (Å²) >= 11 is 0. The molecule has 2 aromatic carbocycles. The van der Waals surface area contributed by atoms with Gasteiger partial charge in [-0.3, -0.25) is 4.79 Å². The second-order valence-corrected chi connectivity index (χ2v) is 7.28. The molecule has 28 heavy (non-hydrogen) atoms. The second-order valence-electron chi connectivity index (χ2n) is 7.28. The lowest BCUT2D eigenvalue weighted by Gasteiger charge is -2.25. The van der Waals surface area contributed by atoms with Crippen LogP contribution in [0.3, 0.4) is 0 Å². The number of amides is 3. The topological polar surface area (TPSA) is 73.5 Å². The predicted octanol–water partition coefficient (Wildman–Crippen LogP) is 2.93. The van der Waals surface area contributed by atoms with Crippen LogP contribution in [0.25, 0.3) is 0 Å². The first-order valence-corrected chi connectivity index (χ1v) is 9.49. The molecule has 0 bridgehead atoms. The van der Waals surface area contributed by atoms with Crippen molar-refractivity contribution in [1.29, 1.82) is 0 Å². The smallest absolute Gasteiger partial charge is 0.315 e. The molecule has 0 unspecified atom stereocenters. The lowest BCUT2D eigenvalue weighted by Crippen LogP contribution is -2.39. The fraction of sp³-hybridized carbons (Fsp3) is 0.364. The summed E-state index contributed by atoms with van der Waals surface area (Å²) in [5.74, 6) is -0.111. The summed E-state index contributed by atoms with van der Waals surface area (Å²) in [4.78, 5) is 26.2. The van der Waals surface area contributed by atoms with Crippen molar-refractivity contribution in [3.8, 4) is 0 Å². The molecule has 1 atom stereocenters. The van der Waals surface area contributed by atoms with Gasteiger partial charge in [0.15, 0.2) is 0 Å². The lowest BCUT2D eigenvalue weighted by atomic mass is 10.1. The number of carbonyl (C=O) groups excluding carboxylic acids is 2. The number of hydrogen-bond acceptors (Lipinski definition) is 3. The Morgan fingerprint density at radius 2 is 1.57 bits per heavy atom. The van der Waals surface area contributed by atoms with Crippen LogP contribution in [-0.2, 0) is 6.54 Å². The van der Waals surface area contributed by atoms with Gasteiger partial charge in [0.2, 0.25) is 0 Å². The number of urea groups is 1. The lowest BCUT2D eigenvalue weighted by molar-refractivity contribution is 0.0942. The van der Waals surface area contributed by atoms with E-state index >= 15 is 0 Å². The first-order valence-electron chi connectivity index (χ1n) is 9.49. The van der Waals surface area contributed by atoms with E-state index < -0.39 is 0 Å². The Kier molecular flexibility index (Phi) is 8.02. The average molecular weight is 383 g/mol. The number of nitrogens with one attached hydrogen (secondary N) is 3. The molecule has 2 rings (SSSR count). The van der Waals surface area contributed by atoms with Gasteiger partial charge in [-0.1, -0.05) is 42.5 Å². The van der Waals surface area contributed by atoms with Crippen LogP contribution < -0.4 is 16.0 Å². The van der Waals surface area contributed by atoms with Crippen LogP contribution in [0.4, 0.5) is 4.79 Å². The molecule has 3 amide bonds. The highest BCUT2D eigenvalue weighted by Gasteiger charge is 2.15. The largest absolute Gasteiger partial charge is 0.350 e. The monoisotopic (exact) mass is 382 g/mol. The number of likely N-dealkylation sites (N-methyl/N-ethyl adjacent to an activating group) is 1. The molecule has 0 saturated heterocycles. The van der Waals surface area contributed by atoms with E-state index in [1.165, 1.54) is 0 Å².